The maximum atomic E-state index is 12.4. The van der Waals surface area contributed by atoms with Gasteiger partial charge in [0.25, 0.3) is 0 Å². The molecule has 1 heterocycles. The molecule has 4 N–H and O–H groups in total. The maximum Gasteiger partial charge on any atom is 0.240 e. The Labute approximate surface area is 192 Å². The van der Waals surface area contributed by atoms with Crippen molar-refractivity contribution in [2.75, 3.05) is 13.1 Å². The lowest BCUT2D eigenvalue weighted by atomic mass is 10.0. The maximum absolute atomic E-state index is 12.4. The van der Waals surface area contributed by atoms with Crippen molar-refractivity contribution >= 4 is 23.6 Å². The molecule has 1 aliphatic heterocycles. The number of nitrogens with two attached hydrogens (primary N) is 1. The number of nitrogens with zero attached hydrogens (tertiary/aromatic N) is 1. The highest BCUT2D eigenvalue weighted by atomic mass is 16.2. The first-order valence-electron chi connectivity index (χ1n) is 12.6. The first-order chi connectivity index (χ1) is 15.4. The van der Waals surface area contributed by atoms with Gasteiger partial charge < -0.3 is 21.3 Å². The van der Waals surface area contributed by atoms with Gasteiger partial charge in [0.1, 0.15) is 6.04 Å². The number of carbonyl (C=O) groups excluding carboxylic acids is 4. The van der Waals surface area contributed by atoms with Crippen LogP contribution in [0.5, 0.6) is 0 Å². The Morgan fingerprint density at radius 3 is 2.09 bits per heavy atom. The highest BCUT2D eigenvalue weighted by Crippen LogP contribution is 2.21. The lowest BCUT2D eigenvalue weighted by Gasteiger charge is -2.24. The number of amides is 4. The molecule has 0 bridgehead atoms. The molecule has 1 unspecified atom stereocenters. The second-order valence-electron chi connectivity index (χ2n) is 9.42. The van der Waals surface area contributed by atoms with E-state index in [0.29, 0.717) is 25.9 Å². The van der Waals surface area contributed by atoms with Gasteiger partial charge in [0.2, 0.25) is 23.6 Å². The smallest absolute Gasteiger partial charge is 0.240 e. The molecule has 4 amide bonds. The zero-order valence-electron chi connectivity index (χ0n) is 19.7. The van der Waals surface area contributed by atoms with E-state index in [-0.39, 0.29) is 42.5 Å². The van der Waals surface area contributed by atoms with Gasteiger partial charge in [-0.1, -0.05) is 58.3 Å². The first kappa shape index (κ1) is 26.1. The van der Waals surface area contributed by atoms with E-state index >= 15 is 0 Å². The minimum Gasteiger partial charge on any atom is -0.368 e. The summed E-state index contributed by atoms with van der Waals surface area (Å²) in [4.78, 5) is 49.8. The summed E-state index contributed by atoms with van der Waals surface area (Å²) in [5, 5.41) is 5.97. The molecule has 2 aliphatic rings. The Morgan fingerprint density at radius 1 is 0.969 bits per heavy atom. The summed E-state index contributed by atoms with van der Waals surface area (Å²) in [5.41, 5.74) is 5.39. The molecule has 0 spiro atoms. The Hall–Kier alpha value is -2.12. The van der Waals surface area contributed by atoms with E-state index in [0.717, 1.165) is 25.7 Å². The quantitative estimate of drug-likeness (QED) is 0.499. The topological polar surface area (TPSA) is 122 Å². The van der Waals surface area contributed by atoms with E-state index in [1.807, 2.05) is 6.92 Å². The SMILES string of the molecule is CC[C@H](C(N)=O)N1CC(CNC(=O)CCC(=O)NC2CCCCCCCCCC2)CC1=O. The van der Waals surface area contributed by atoms with Crippen LogP contribution in [0, 0.1) is 5.92 Å². The molecule has 1 saturated heterocycles. The second-order valence-corrected chi connectivity index (χ2v) is 9.42. The van der Waals surface area contributed by atoms with Crippen molar-refractivity contribution in [3.8, 4) is 0 Å². The van der Waals surface area contributed by atoms with Gasteiger partial charge in [-0.2, -0.15) is 0 Å². The standard InChI is InChI=1S/C24H42N4O4/c1-2-20(24(25)32)28-17-18(15-23(28)31)16-26-21(29)13-14-22(30)27-19-11-9-7-5-3-4-6-8-10-12-19/h18-20H,2-17H2,1H3,(H2,25,32)(H,26,29)(H,27,30)/t18?,20-/m1/s1. The van der Waals surface area contributed by atoms with Gasteiger partial charge in [-0.3, -0.25) is 19.2 Å². The van der Waals surface area contributed by atoms with E-state index in [1.54, 1.807) is 0 Å². The van der Waals surface area contributed by atoms with Gasteiger partial charge in [0, 0.05) is 44.3 Å². The van der Waals surface area contributed by atoms with Crippen molar-refractivity contribution in [2.45, 2.75) is 109 Å². The van der Waals surface area contributed by atoms with Gasteiger partial charge in [-0.05, 0) is 19.3 Å². The Morgan fingerprint density at radius 2 is 1.53 bits per heavy atom. The van der Waals surface area contributed by atoms with Gasteiger partial charge >= 0.3 is 0 Å². The Kier molecular flexibility index (Phi) is 11.5. The molecule has 2 atom stereocenters. The van der Waals surface area contributed by atoms with Crippen molar-refractivity contribution in [2.24, 2.45) is 11.7 Å². The molecule has 0 aromatic rings. The third-order valence-electron chi connectivity index (χ3n) is 6.72. The molecule has 2 rings (SSSR count). The number of rotatable bonds is 9. The lowest BCUT2D eigenvalue weighted by molar-refractivity contribution is -0.136. The lowest BCUT2D eigenvalue weighted by Crippen LogP contribution is -2.45. The largest absolute Gasteiger partial charge is 0.368 e. The van der Waals surface area contributed by atoms with Gasteiger partial charge in [0.05, 0.1) is 0 Å². The summed E-state index contributed by atoms with van der Waals surface area (Å²) >= 11 is 0. The predicted octanol–water partition coefficient (Wildman–Crippen LogP) is 2.39. The minimum absolute atomic E-state index is 0.0410. The summed E-state index contributed by atoms with van der Waals surface area (Å²) in [6.07, 6.45) is 13.1. The van der Waals surface area contributed by atoms with Crippen LogP contribution in [0.15, 0.2) is 0 Å². The number of nitrogens with one attached hydrogen (secondary N) is 2. The van der Waals surface area contributed by atoms with E-state index < -0.39 is 11.9 Å². The molecule has 0 aromatic carbocycles. The second kappa shape index (κ2) is 14.1. The fourth-order valence-electron chi connectivity index (χ4n) is 4.83. The molecule has 8 heteroatoms. The third kappa shape index (κ3) is 9.17. The fraction of sp³-hybridized carbons (Fsp3) is 0.833. The number of carbonyl (C=O) groups is 4. The molecule has 1 aliphatic carbocycles. The predicted molar refractivity (Wildman–Crippen MR) is 123 cm³/mol. The van der Waals surface area contributed by atoms with Gasteiger partial charge in [-0.25, -0.2) is 0 Å². The van der Waals surface area contributed by atoms with Crippen LogP contribution in [0.2, 0.25) is 0 Å². The number of hydrogen-bond donors (Lipinski definition) is 3. The monoisotopic (exact) mass is 450 g/mol. The minimum atomic E-state index is -0.585. The van der Waals surface area contributed by atoms with Crippen molar-refractivity contribution < 1.29 is 19.2 Å². The third-order valence-corrected chi connectivity index (χ3v) is 6.72. The Balaban J connectivity index is 1.67. The van der Waals surface area contributed by atoms with Crippen LogP contribution in [0.3, 0.4) is 0 Å². The number of hydrogen-bond acceptors (Lipinski definition) is 4. The van der Waals surface area contributed by atoms with Crippen molar-refractivity contribution in [3.05, 3.63) is 0 Å². The average molecular weight is 451 g/mol. The van der Waals surface area contributed by atoms with Crippen LogP contribution in [-0.2, 0) is 19.2 Å². The molecule has 8 nitrogen and oxygen atoms in total. The van der Waals surface area contributed by atoms with Crippen LogP contribution >= 0.6 is 0 Å². The summed E-state index contributed by atoms with van der Waals surface area (Å²) in [6, 6.07) is -0.367. The summed E-state index contributed by atoms with van der Waals surface area (Å²) < 4.78 is 0. The molecule has 182 valence electrons. The normalized spacial score (nSPS) is 22.1. The van der Waals surface area contributed by atoms with Crippen molar-refractivity contribution in [3.63, 3.8) is 0 Å². The molecular weight excluding hydrogens is 408 g/mol. The molecule has 1 saturated carbocycles. The van der Waals surface area contributed by atoms with Crippen LogP contribution in [0.4, 0.5) is 0 Å². The fourth-order valence-corrected chi connectivity index (χ4v) is 4.83. The Bertz CT molecular complexity index is 627. The highest BCUT2D eigenvalue weighted by molar-refractivity contribution is 5.88. The number of primary amides is 1. The average Bonchev–Trinajstić information content (AvgIpc) is 3.08. The van der Waals surface area contributed by atoms with Crippen LogP contribution < -0.4 is 16.4 Å². The number of likely N-dealkylation sites (tertiary alicyclic amines) is 1. The van der Waals surface area contributed by atoms with Crippen molar-refractivity contribution in [1.82, 2.24) is 15.5 Å². The van der Waals surface area contributed by atoms with E-state index in [1.165, 1.54) is 43.4 Å². The van der Waals surface area contributed by atoms with Gasteiger partial charge in [0.15, 0.2) is 0 Å². The zero-order chi connectivity index (χ0) is 23.3. The van der Waals surface area contributed by atoms with Gasteiger partial charge in [-0.15, -0.1) is 0 Å². The molecule has 2 fully saturated rings. The highest BCUT2D eigenvalue weighted by Gasteiger charge is 2.35. The van der Waals surface area contributed by atoms with E-state index in [9.17, 15) is 19.2 Å². The molecule has 32 heavy (non-hydrogen) atoms. The van der Waals surface area contributed by atoms with Crippen LogP contribution in [0.1, 0.15) is 96.8 Å². The van der Waals surface area contributed by atoms with Crippen LogP contribution in [0.25, 0.3) is 0 Å². The van der Waals surface area contributed by atoms with E-state index in [4.69, 9.17) is 5.73 Å². The first-order valence-corrected chi connectivity index (χ1v) is 12.6. The van der Waals surface area contributed by atoms with Crippen LogP contribution in [-0.4, -0.2) is 53.7 Å². The van der Waals surface area contributed by atoms with Crippen molar-refractivity contribution in [1.29, 1.82) is 0 Å². The summed E-state index contributed by atoms with van der Waals surface area (Å²) in [6.45, 7) is 2.60. The molecular formula is C24H42N4O4. The zero-order valence-corrected chi connectivity index (χ0v) is 19.7. The van der Waals surface area contributed by atoms with E-state index in [2.05, 4.69) is 10.6 Å². The summed E-state index contributed by atoms with van der Waals surface area (Å²) in [5.74, 6) is -0.885. The molecule has 0 aromatic heterocycles. The molecule has 0 radical (unpaired) electrons. The summed E-state index contributed by atoms with van der Waals surface area (Å²) in [7, 11) is 0.